The molecule has 0 saturated heterocycles. The van der Waals surface area contributed by atoms with E-state index in [9.17, 15) is 9.59 Å². The van der Waals surface area contributed by atoms with Gasteiger partial charge >= 0.3 is 11.9 Å². The second kappa shape index (κ2) is 6.17. The van der Waals surface area contributed by atoms with E-state index in [1.165, 1.54) is 18.9 Å². The Kier molecular flexibility index (Phi) is 4.85. The van der Waals surface area contributed by atoms with Gasteiger partial charge in [0.15, 0.2) is 0 Å². The zero-order valence-electron chi connectivity index (χ0n) is 8.80. The molecule has 1 rings (SSSR count). The predicted molar refractivity (Wildman–Crippen MR) is 61.6 cm³/mol. The van der Waals surface area contributed by atoms with Crippen molar-refractivity contribution >= 4 is 23.7 Å². The highest BCUT2D eigenvalue weighted by Gasteiger charge is 2.03. The molecule has 0 radical (unpaired) electrons. The zero-order valence-corrected chi connectivity index (χ0v) is 9.62. The summed E-state index contributed by atoms with van der Waals surface area (Å²) in [6.45, 7) is 0. The number of carboxylic acids is 1. The van der Waals surface area contributed by atoms with E-state index in [1.54, 1.807) is 24.3 Å². The highest BCUT2D eigenvalue weighted by molar-refractivity contribution is 7.99. The Morgan fingerprint density at radius 1 is 1.31 bits per heavy atom. The molecule has 0 aliphatic heterocycles. The van der Waals surface area contributed by atoms with Gasteiger partial charge in [-0.25, -0.2) is 4.79 Å². The van der Waals surface area contributed by atoms with E-state index in [4.69, 9.17) is 5.11 Å². The largest absolute Gasteiger partial charge is 0.478 e. The molecule has 0 atom stereocenters. The summed E-state index contributed by atoms with van der Waals surface area (Å²) in [5.74, 6) is -0.229. The second-order valence-electron chi connectivity index (χ2n) is 3.07. The van der Waals surface area contributed by atoms with Crippen LogP contribution in [0.3, 0.4) is 0 Å². The van der Waals surface area contributed by atoms with Gasteiger partial charge in [0, 0.05) is 5.75 Å². The highest BCUT2D eigenvalue weighted by atomic mass is 32.2. The van der Waals surface area contributed by atoms with Crippen LogP contribution >= 0.6 is 11.8 Å². The molecule has 0 aromatic heterocycles. The molecule has 1 aromatic rings. The lowest BCUT2D eigenvalue weighted by Gasteiger charge is -2.01. The quantitative estimate of drug-likeness (QED) is 0.795. The van der Waals surface area contributed by atoms with Gasteiger partial charge in [0.25, 0.3) is 0 Å². The van der Waals surface area contributed by atoms with Crippen LogP contribution in [-0.2, 0) is 15.3 Å². The zero-order chi connectivity index (χ0) is 12.0. The SMILES string of the molecule is COC(=O)CSCc1ccc(C(=O)O)cc1. The van der Waals surface area contributed by atoms with Crippen LogP contribution in [-0.4, -0.2) is 29.9 Å². The van der Waals surface area contributed by atoms with Gasteiger partial charge in [-0.1, -0.05) is 12.1 Å². The molecule has 86 valence electrons. The Labute approximate surface area is 97.6 Å². The number of methoxy groups -OCH3 is 1. The first kappa shape index (κ1) is 12.6. The molecule has 0 fully saturated rings. The lowest BCUT2D eigenvalue weighted by atomic mass is 10.1. The van der Waals surface area contributed by atoms with E-state index in [1.807, 2.05) is 0 Å². The molecule has 16 heavy (non-hydrogen) atoms. The standard InChI is InChI=1S/C11H12O4S/c1-15-10(12)7-16-6-8-2-4-9(5-3-8)11(13)14/h2-5H,6-7H2,1H3,(H,13,14). The number of aromatic carboxylic acids is 1. The summed E-state index contributed by atoms with van der Waals surface area (Å²) in [7, 11) is 1.35. The molecule has 1 N–H and O–H groups in total. The highest BCUT2D eigenvalue weighted by Crippen LogP contribution is 2.13. The van der Waals surface area contributed by atoms with Gasteiger partial charge in [-0.15, -0.1) is 11.8 Å². The Morgan fingerprint density at radius 2 is 1.94 bits per heavy atom. The average molecular weight is 240 g/mol. The molecule has 0 spiro atoms. The van der Waals surface area contributed by atoms with E-state index in [-0.39, 0.29) is 11.5 Å². The number of hydrogen-bond acceptors (Lipinski definition) is 4. The lowest BCUT2D eigenvalue weighted by Crippen LogP contribution is -2.03. The summed E-state index contributed by atoms with van der Waals surface area (Å²) in [6.07, 6.45) is 0. The summed E-state index contributed by atoms with van der Waals surface area (Å²) in [4.78, 5) is 21.4. The van der Waals surface area contributed by atoms with E-state index in [2.05, 4.69) is 4.74 Å². The summed E-state index contributed by atoms with van der Waals surface area (Å²) in [6, 6.07) is 6.59. The minimum Gasteiger partial charge on any atom is -0.478 e. The van der Waals surface area contributed by atoms with Crippen molar-refractivity contribution < 1.29 is 19.4 Å². The van der Waals surface area contributed by atoms with Crippen molar-refractivity contribution in [3.05, 3.63) is 35.4 Å². The maximum absolute atomic E-state index is 10.8. The second-order valence-corrected chi connectivity index (χ2v) is 4.06. The third-order valence-electron chi connectivity index (χ3n) is 1.92. The molecule has 1 aromatic carbocycles. The van der Waals surface area contributed by atoms with E-state index in [0.29, 0.717) is 11.5 Å². The van der Waals surface area contributed by atoms with Gasteiger partial charge in [-0.05, 0) is 17.7 Å². The van der Waals surface area contributed by atoms with Crippen LogP contribution in [0.4, 0.5) is 0 Å². The van der Waals surface area contributed by atoms with Gasteiger partial charge in [-0.3, -0.25) is 4.79 Å². The number of carboxylic acid groups (broad SMARTS) is 1. The van der Waals surface area contributed by atoms with E-state index >= 15 is 0 Å². The first-order valence-corrected chi connectivity index (χ1v) is 5.75. The van der Waals surface area contributed by atoms with Gasteiger partial charge in [0.2, 0.25) is 0 Å². The Bertz CT molecular complexity index is 372. The van der Waals surface area contributed by atoms with E-state index in [0.717, 1.165) is 5.56 Å². The van der Waals surface area contributed by atoms with Gasteiger partial charge in [0.1, 0.15) is 0 Å². The maximum Gasteiger partial charge on any atom is 0.335 e. The van der Waals surface area contributed by atoms with Gasteiger partial charge in [0.05, 0.1) is 18.4 Å². The normalized spacial score (nSPS) is 9.81. The van der Waals surface area contributed by atoms with Crippen LogP contribution in [0.5, 0.6) is 0 Å². The number of benzene rings is 1. The molecular weight excluding hydrogens is 228 g/mol. The number of thioether (sulfide) groups is 1. The first-order chi connectivity index (χ1) is 7.63. The first-order valence-electron chi connectivity index (χ1n) is 4.60. The maximum atomic E-state index is 10.8. The van der Waals surface area contributed by atoms with Crippen LogP contribution < -0.4 is 0 Å². The molecule has 0 aliphatic carbocycles. The predicted octanol–water partition coefficient (Wildman–Crippen LogP) is 1.79. The molecule has 0 bridgehead atoms. The molecule has 0 aliphatic rings. The fourth-order valence-electron chi connectivity index (χ4n) is 1.05. The summed E-state index contributed by atoms with van der Waals surface area (Å²) in [5, 5.41) is 8.69. The monoisotopic (exact) mass is 240 g/mol. The molecular formula is C11H12O4S. The van der Waals surface area contributed by atoms with Crippen LogP contribution in [0.25, 0.3) is 0 Å². The average Bonchev–Trinajstić information content (AvgIpc) is 2.29. The number of hydrogen-bond donors (Lipinski definition) is 1. The number of esters is 1. The van der Waals surface area contributed by atoms with Crippen molar-refractivity contribution in [1.29, 1.82) is 0 Å². The molecule has 0 saturated carbocycles. The third kappa shape index (κ3) is 3.94. The van der Waals surface area contributed by atoms with Gasteiger partial charge < -0.3 is 9.84 Å². The lowest BCUT2D eigenvalue weighted by molar-refractivity contribution is -0.137. The number of rotatable bonds is 5. The Balaban J connectivity index is 2.43. The molecule has 0 amide bonds. The smallest absolute Gasteiger partial charge is 0.335 e. The molecule has 5 heteroatoms. The molecule has 0 unspecified atom stereocenters. The van der Waals surface area contributed by atoms with Crippen molar-refractivity contribution in [3.63, 3.8) is 0 Å². The van der Waals surface area contributed by atoms with Crippen molar-refractivity contribution in [1.82, 2.24) is 0 Å². The van der Waals surface area contributed by atoms with Crippen LogP contribution in [0.15, 0.2) is 24.3 Å². The third-order valence-corrected chi connectivity index (χ3v) is 2.89. The van der Waals surface area contributed by atoms with Crippen molar-refractivity contribution in [3.8, 4) is 0 Å². The fraction of sp³-hybridized carbons (Fsp3) is 0.273. The van der Waals surface area contributed by atoms with Crippen molar-refractivity contribution in [2.75, 3.05) is 12.9 Å². The molecule has 0 heterocycles. The van der Waals surface area contributed by atoms with Crippen molar-refractivity contribution in [2.24, 2.45) is 0 Å². The summed E-state index contributed by atoms with van der Waals surface area (Å²) in [5.41, 5.74) is 1.25. The number of carbonyl (C=O) groups is 2. The minimum atomic E-state index is -0.936. The van der Waals surface area contributed by atoms with Crippen LogP contribution in [0.2, 0.25) is 0 Å². The minimum absolute atomic E-state index is 0.257. The molecule has 4 nitrogen and oxygen atoms in total. The number of ether oxygens (including phenoxy) is 1. The Hall–Kier alpha value is -1.49. The van der Waals surface area contributed by atoms with Crippen molar-refractivity contribution in [2.45, 2.75) is 5.75 Å². The fourth-order valence-corrected chi connectivity index (χ4v) is 1.87. The van der Waals surface area contributed by atoms with Crippen LogP contribution in [0, 0.1) is 0 Å². The number of carbonyl (C=O) groups excluding carboxylic acids is 1. The Morgan fingerprint density at radius 3 is 2.44 bits per heavy atom. The summed E-state index contributed by atoms with van der Waals surface area (Å²) >= 11 is 1.43. The van der Waals surface area contributed by atoms with E-state index < -0.39 is 5.97 Å². The topological polar surface area (TPSA) is 63.6 Å². The summed E-state index contributed by atoms with van der Waals surface area (Å²) < 4.78 is 4.50. The van der Waals surface area contributed by atoms with Gasteiger partial charge in [-0.2, -0.15) is 0 Å². The van der Waals surface area contributed by atoms with Crippen LogP contribution in [0.1, 0.15) is 15.9 Å².